The van der Waals surface area contributed by atoms with E-state index < -0.39 is 12.1 Å². The molecule has 1 atom stereocenters. The number of aliphatic carboxylic acids is 1. The van der Waals surface area contributed by atoms with Crippen LogP contribution in [-0.4, -0.2) is 49.8 Å². The minimum atomic E-state index is -0.922. The predicted octanol–water partition coefficient (Wildman–Crippen LogP) is -0.0180. The fraction of sp³-hybridized carbons (Fsp3) is 0.833. The maximum Gasteiger partial charge on any atom is 0.306 e. The van der Waals surface area contributed by atoms with Crippen molar-refractivity contribution in [3.8, 4) is 0 Å². The van der Waals surface area contributed by atoms with Crippen molar-refractivity contribution in [3.05, 3.63) is 0 Å². The van der Waals surface area contributed by atoms with Crippen molar-refractivity contribution >= 4 is 11.9 Å². The quantitative estimate of drug-likeness (QED) is 0.597. The molecular formula is C12H22N2O4. The van der Waals surface area contributed by atoms with Crippen molar-refractivity contribution in [3.63, 3.8) is 0 Å². The first kappa shape index (κ1) is 14.9. The van der Waals surface area contributed by atoms with E-state index in [1.54, 1.807) is 0 Å². The zero-order valence-electron chi connectivity index (χ0n) is 10.8. The fourth-order valence-corrected chi connectivity index (χ4v) is 2.08. The lowest BCUT2D eigenvalue weighted by Gasteiger charge is -2.22. The lowest BCUT2D eigenvalue weighted by Crippen LogP contribution is -2.36. The molecule has 0 radical (unpaired) electrons. The number of piperidine rings is 1. The largest absolute Gasteiger partial charge is 0.481 e. The van der Waals surface area contributed by atoms with Crippen molar-refractivity contribution in [2.75, 3.05) is 26.7 Å². The van der Waals surface area contributed by atoms with Gasteiger partial charge in [-0.3, -0.25) is 9.59 Å². The molecule has 0 bridgehead atoms. The van der Waals surface area contributed by atoms with Crippen LogP contribution in [0.3, 0.4) is 0 Å². The van der Waals surface area contributed by atoms with Gasteiger partial charge in [0, 0.05) is 20.1 Å². The SMILES string of the molecule is COC(CNC(=O)CC1CCNCC1)CC(=O)O. The van der Waals surface area contributed by atoms with Gasteiger partial charge in [0.15, 0.2) is 0 Å². The summed E-state index contributed by atoms with van der Waals surface area (Å²) in [7, 11) is 1.45. The Kier molecular flexibility index (Phi) is 6.67. The smallest absolute Gasteiger partial charge is 0.306 e. The molecule has 0 saturated carbocycles. The first-order valence-electron chi connectivity index (χ1n) is 6.33. The van der Waals surface area contributed by atoms with Crippen LogP contribution in [0.4, 0.5) is 0 Å². The van der Waals surface area contributed by atoms with Crippen LogP contribution in [0.2, 0.25) is 0 Å². The maximum atomic E-state index is 11.7. The van der Waals surface area contributed by atoms with Crippen LogP contribution in [0.1, 0.15) is 25.7 Å². The number of carbonyl (C=O) groups is 2. The van der Waals surface area contributed by atoms with Gasteiger partial charge in [0.05, 0.1) is 12.5 Å². The third kappa shape index (κ3) is 5.97. The van der Waals surface area contributed by atoms with E-state index in [1.165, 1.54) is 7.11 Å². The van der Waals surface area contributed by atoms with E-state index in [2.05, 4.69) is 10.6 Å². The molecule has 0 spiro atoms. The Balaban J connectivity index is 2.20. The summed E-state index contributed by atoms with van der Waals surface area (Å²) in [4.78, 5) is 22.2. The molecule has 0 aromatic rings. The predicted molar refractivity (Wildman–Crippen MR) is 66.3 cm³/mol. The number of rotatable bonds is 7. The molecule has 1 saturated heterocycles. The lowest BCUT2D eigenvalue weighted by atomic mass is 9.94. The molecule has 104 valence electrons. The first-order valence-corrected chi connectivity index (χ1v) is 6.33. The standard InChI is InChI=1S/C12H22N2O4/c1-18-10(7-12(16)17)8-14-11(15)6-9-2-4-13-5-3-9/h9-10,13H,2-8H2,1H3,(H,14,15)(H,16,17). The van der Waals surface area contributed by atoms with Crippen LogP contribution in [0.25, 0.3) is 0 Å². The number of hydrogen-bond donors (Lipinski definition) is 3. The summed E-state index contributed by atoms with van der Waals surface area (Å²) in [5, 5.41) is 14.6. The topological polar surface area (TPSA) is 87.7 Å². The van der Waals surface area contributed by atoms with Crippen LogP contribution in [0, 0.1) is 5.92 Å². The Labute approximate surface area is 107 Å². The van der Waals surface area contributed by atoms with Crippen LogP contribution < -0.4 is 10.6 Å². The van der Waals surface area contributed by atoms with E-state index in [9.17, 15) is 9.59 Å². The van der Waals surface area contributed by atoms with E-state index in [-0.39, 0.29) is 18.9 Å². The maximum absolute atomic E-state index is 11.7. The second kappa shape index (κ2) is 8.05. The van der Waals surface area contributed by atoms with Crippen LogP contribution >= 0.6 is 0 Å². The summed E-state index contributed by atoms with van der Waals surface area (Å²) in [6.07, 6.45) is 2.02. The van der Waals surface area contributed by atoms with E-state index in [0.29, 0.717) is 12.3 Å². The number of ether oxygens (including phenoxy) is 1. The number of carboxylic acids is 1. The fourth-order valence-electron chi connectivity index (χ4n) is 2.08. The molecular weight excluding hydrogens is 236 g/mol. The van der Waals surface area contributed by atoms with Crippen molar-refractivity contribution in [1.82, 2.24) is 10.6 Å². The molecule has 0 aliphatic carbocycles. The van der Waals surface area contributed by atoms with Gasteiger partial charge < -0.3 is 20.5 Å². The molecule has 1 fully saturated rings. The Morgan fingerprint density at radius 3 is 2.67 bits per heavy atom. The summed E-state index contributed by atoms with van der Waals surface area (Å²) in [5.74, 6) is -0.504. The van der Waals surface area contributed by atoms with Crippen LogP contribution in [-0.2, 0) is 14.3 Å². The number of carbonyl (C=O) groups excluding carboxylic acids is 1. The summed E-state index contributed by atoms with van der Waals surface area (Å²) < 4.78 is 5.00. The molecule has 1 aliphatic rings. The van der Waals surface area contributed by atoms with Gasteiger partial charge in [0.25, 0.3) is 0 Å². The third-order valence-corrected chi connectivity index (χ3v) is 3.20. The highest BCUT2D eigenvalue weighted by Gasteiger charge is 2.18. The zero-order chi connectivity index (χ0) is 13.4. The minimum Gasteiger partial charge on any atom is -0.481 e. The van der Waals surface area contributed by atoms with Crippen molar-refractivity contribution < 1.29 is 19.4 Å². The Morgan fingerprint density at radius 2 is 2.11 bits per heavy atom. The van der Waals surface area contributed by atoms with Crippen molar-refractivity contribution in [2.24, 2.45) is 5.92 Å². The van der Waals surface area contributed by atoms with Gasteiger partial charge in [-0.05, 0) is 31.8 Å². The number of hydrogen-bond acceptors (Lipinski definition) is 4. The van der Waals surface area contributed by atoms with Crippen LogP contribution in [0.5, 0.6) is 0 Å². The van der Waals surface area contributed by atoms with E-state index in [0.717, 1.165) is 25.9 Å². The molecule has 18 heavy (non-hydrogen) atoms. The highest BCUT2D eigenvalue weighted by atomic mass is 16.5. The Hall–Kier alpha value is -1.14. The average molecular weight is 258 g/mol. The normalized spacial score (nSPS) is 18.3. The molecule has 1 heterocycles. The number of nitrogens with one attached hydrogen (secondary N) is 2. The molecule has 1 unspecified atom stereocenters. The van der Waals surface area contributed by atoms with Crippen molar-refractivity contribution in [2.45, 2.75) is 31.8 Å². The average Bonchev–Trinajstić information content (AvgIpc) is 2.35. The summed E-state index contributed by atoms with van der Waals surface area (Å²) in [6.45, 7) is 2.20. The number of carboxylic acid groups (broad SMARTS) is 1. The van der Waals surface area contributed by atoms with Gasteiger partial charge in [-0.25, -0.2) is 0 Å². The van der Waals surface area contributed by atoms with Gasteiger partial charge in [-0.2, -0.15) is 0 Å². The van der Waals surface area contributed by atoms with E-state index >= 15 is 0 Å². The molecule has 1 amide bonds. The van der Waals surface area contributed by atoms with Crippen LogP contribution in [0.15, 0.2) is 0 Å². The molecule has 6 nitrogen and oxygen atoms in total. The monoisotopic (exact) mass is 258 g/mol. The van der Waals surface area contributed by atoms with Gasteiger partial charge in [0.1, 0.15) is 0 Å². The van der Waals surface area contributed by atoms with Gasteiger partial charge in [-0.1, -0.05) is 0 Å². The Morgan fingerprint density at radius 1 is 1.44 bits per heavy atom. The molecule has 0 aromatic heterocycles. The van der Waals surface area contributed by atoms with Crippen molar-refractivity contribution in [1.29, 1.82) is 0 Å². The summed E-state index contributed by atoms with van der Waals surface area (Å²) in [6, 6.07) is 0. The first-order chi connectivity index (χ1) is 8.61. The molecule has 0 aromatic carbocycles. The summed E-state index contributed by atoms with van der Waals surface area (Å²) >= 11 is 0. The second-order valence-electron chi connectivity index (χ2n) is 4.66. The number of amides is 1. The molecule has 1 aliphatic heterocycles. The third-order valence-electron chi connectivity index (χ3n) is 3.20. The second-order valence-corrected chi connectivity index (χ2v) is 4.66. The lowest BCUT2D eigenvalue weighted by molar-refractivity contribution is -0.140. The van der Waals surface area contributed by atoms with Gasteiger partial charge in [-0.15, -0.1) is 0 Å². The minimum absolute atomic E-state index is 0.0191. The highest BCUT2D eigenvalue weighted by Crippen LogP contribution is 2.15. The molecule has 3 N–H and O–H groups in total. The molecule has 1 rings (SSSR count). The van der Waals surface area contributed by atoms with E-state index in [1.807, 2.05) is 0 Å². The molecule has 6 heteroatoms. The number of methoxy groups -OCH3 is 1. The van der Waals surface area contributed by atoms with Gasteiger partial charge >= 0.3 is 5.97 Å². The zero-order valence-corrected chi connectivity index (χ0v) is 10.8. The Bertz CT molecular complexity index is 277. The highest BCUT2D eigenvalue weighted by molar-refractivity contribution is 5.76. The van der Waals surface area contributed by atoms with Gasteiger partial charge in [0.2, 0.25) is 5.91 Å². The van der Waals surface area contributed by atoms with E-state index in [4.69, 9.17) is 9.84 Å². The summed E-state index contributed by atoms with van der Waals surface area (Å²) in [5.41, 5.74) is 0.